The summed E-state index contributed by atoms with van der Waals surface area (Å²) in [6, 6.07) is 6.24. The summed E-state index contributed by atoms with van der Waals surface area (Å²) in [6.07, 6.45) is 0.640. The number of ketones is 1. The van der Waals surface area contributed by atoms with Crippen LogP contribution in [0.4, 0.5) is 5.69 Å². The molecule has 0 aromatic heterocycles. The Labute approximate surface area is 188 Å². The van der Waals surface area contributed by atoms with E-state index in [1.165, 1.54) is 6.92 Å². The number of nitrogens with one attached hydrogen (secondary N) is 1. The van der Waals surface area contributed by atoms with E-state index in [-0.39, 0.29) is 28.4 Å². The van der Waals surface area contributed by atoms with E-state index in [1.54, 1.807) is 24.3 Å². The number of alkyl halides is 2. The molecule has 8 nitrogen and oxygen atoms in total. The number of anilines is 1. The number of carbonyl (C=O) groups is 5. The number of hydrogen-bond acceptors (Lipinski definition) is 6. The number of hydrogen-bond donors (Lipinski definition) is 1. The van der Waals surface area contributed by atoms with E-state index in [1.807, 2.05) is 0 Å². The van der Waals surface area contributed by atoms with Crippen molar-refractivity contribution in [1.29, 1.82) is 0 Å². The number of imide groups is 1. The molecule has 31 heavy (non-hydrogen) atoms. The second-order valence-corrected chi connectivity index (χ2v) is 9.12. The highest BCUT2D eigenvalue weighted by molar-refractivity contribution is 6.31. The van der Waals surface area contributed by atoms with E-state index < -0.39 is 48.7 Å². The number of carbonyl (C=O) groups excluding carboxylic acids is 5. The third kappa shape index (κ3) is 3.83. The largest absolute Gasteiger partial charge is 0.454 e. The zero-order valence-electron chi connectivity index (χ0n) is 16.5. The minimum Gasteiger partial charge on any atom is -0.454 e. The first-order valence-electron chi connectivity index (χ1n) is 9.89. The van der Waals surface area contributed by atoms with Crippen LogP contribution >= 0.6 is 23.2 Å². The summed E-state index contributed by atoms with van der Waals surface area (Å²) < 4.78 is 4.93. The van der Waals surface area contributed by atoms with Crippen molar-refractivity contribution in [3.05, 3.63) is 29.8 Å². The highest BCUT2D eigenvalue weighted by atomic mass is 35.5. The molecule has 3 amide bonds. The van der Waals surface area contributed by atoms with Crippen LogP contribution < -0.4 is 5.32 Å². The first kappa shape index (κ1) is 21.8. The van der Waals surface area contributed by atoms with Gasteiger partial charge in [0.2, 0.25) is 11.8 Å². The molecule has 0 unspecified atom stereocenters. The molecule has 164 valence electrons. The molecule has 4 rings (SSSR count). The standard InChI is InChI=1S/C21H20Cl2N2O6/c1-9(26)10-2-4-11(5-3-10)24-14(27)8-31-15(28)7-25-20(29)16-12-6-13(17(16)21(25)30)19(23)18(12)22/h2-5,12-13,16-19H,6-8H2,1H3,(H,24,27)/t12-,13-,16-,17+,18-,19+/m1/s1. The average molecular weight is 467 g/mol. The highest BCUT2D eigenvalue weighted by Crippen LogP contribution is 2.59. The average Bonchev–Trinajstić information content (AvgIpc) is 3.33. The maximum atomic E-state index is 12.7. The number of nitrogens with zero attached hydrogens (tertiary/aromatic N) is 1. The van der Waals surface area contributed by atoms with Crippen LogP contribution in [0.15, 0.2) is 24.3 Å². The molecule has 3 aliphatic rings. The molecular weight excluding hydrogens is 447 g/mol. The van der Waals surface area contributed by atoms with E-state index in [0.29, 0.717) is 17.7 Å². The monoisotopic (exact) mass is 466 g/mol. The maximum Gasteiger partial charge on any atom is 0.326 e. The molecule has 1 N–H and O–H groups in total. The van der Waals surface area contributed by atoms with Gasteiger partial charge in [0.05, 0.1) is 22.6 Å². The Balaban J connectivity index is 1.29. The fourth-order valence-corrected chi connectivity index (χ4v) is 5.77. The number of halogens is 2. The number of likely N-dealkylation sites (tertiary alicyclic amines) is 1. The smallest absolute Gasteiger partial charge is 0.326 e. The molecule has 2 bridgehead atoms. The van der Waals surface area contributed by atoms with Gasteiger partial charge < -0.3 is 10.1 Å². The number of amides is 3. The molecule has 0 spiro atoms. The first-order chi connectivity index (χ1) is 14.7. The summed E-state index contributed by atoms with van der Waals surface area (Å²) in [5, 5.41) is 1.79. The SMILES string of the molecule is CC(=O)c1ccc(NC(=O)COC(=O)CN2C(=O)[C@@H]3[C@H]4C[C@@H]([C@H](Cl)[C@@H]4Cl)[C@@H]3C2=O)cc1. The molecule has 3 fully saturated rings. The summed E-state index contributed by atoms with van der Waals surface area (Å²) in [5.74, 6) is -3.82. The van der Waals surface area contributed by atoms with E-state index >= 15 is 0 Å². The predicted octanol–water partition coefficient (Wildman–Crippen LogP) is 1.84. The first-order valence-corrected chi connectivity index (χ1v) is 10.8. The molecule has 1 aromatic rings. The Hall–Kier alpha value is -2.45. The number of Topliss-reactive ketones (excluding diaryl/α,β-unsaturated/α-hetero) is 1. The molecule has 1 saturated heterocycles. The van der Waals surface area contributed by atoms with Gasteiger partial charge in [0.25, 0.3) is 5.91 Å². The third-order valence-corrected chi connectivity index (χ3v) is 7.62. The van der Waals surface area contributed by atoms with Crippen molar-refractivity contribution in [1.82, 2.24) is 4.90 Å². The summed E-state index contributed by atoms with van der Waals surface area (Å²) in [7, 11) is 0. The summed E-state index contributed by atoms with van der Waals surface area (Å²) in [5.41, 5.74) is 0.939. The van der Waals surface area contributed by atoms with Gasteiger partial charge in [-0.25, -0.2) is 0 Å². The quantitative estimate of drug-likeness (QED) is 0.296. The van der Waals surface area contributed by atoms with E-state index in [2.05, 4.69) is 5.32 Å². The lowest BCUT2D eigenvalue weighted by Gasteiger charge is -2.28. The van der Waals surface area contributed by atoms with Gasteiger partial charge >= 0.3 is 5.97 Å². The number of benzene rings is 1. The minimum absolute atomic E-state index is 0.0990. The predicted molar refractivity (Wildman–Crippen MR) is 111 cm³/mol. The van der Waals surface area contributed by atoms with Crippen molar-refractivity contribution in [2.45, 2.75) is 24.1 Å². The van der Waals surface area contributed by atoms with Gasteiger partial charge in [-0.2, -0.15) is 0 Å². The van der Waals surface area contributed by atoms with Crippen LogP contribution in [-0.4, -0.2) is 58.3 Å². The van der Waals surface area contributed by atoms with Crippen LogP contribution in [0.2, 0.25) is 0 Å². The normalized spacial score (nSPS) is 31.0. The molecule has 2 saturated carbocycles. The van der Waals surface area contributed by atoms with E-state index in [9.17, 15) is 24.0 Å². The number of esters is 1. The van der Waals surface area contributed by atoms with Crippen molar-refractivity contribution >= 4 is 58.4 Å². The van der Waals surface area contributed by atoms with Crippen LogP contribution in [0, 0.1) is 23.7 Å². The van der Waals surface area contributed by atoms with Gasteiger partial charge in [-0.05, 0) is 49.4 Å². The van der Waals surface area contributed by atoms with Crippen LogP contribution in [0.25, 0.3) is 0 Å². The lowest BCUT2D eigenvalue weighted by Crippen LogP contribution is -2.38. The maximum absolute atomic E-state index is 12.7. The Morgan fingerprint density at radius 3 is 2.10 bits per heavy atom. The summed E-state index contributed by atoms with van der Waals surface area (Å²) in [6.45, 7) is 0.308. The number of ether oxygens (including phenoxy) is 1. The van der Waals surface area contributed by atoms with Crippen molar-refractivity contribution in [2.24, 2.45) is 23.7 Å². The number of fused-ring (bicyclic) bond motifs is 5. The zero-order chi connectivity index (χ0) is 22.4. The number of rotatable bonds is 6. The molecule has 1 heterocycles. The Morgan fingerprint density at radius 2 is 1.58 bits per heavy atom. The van der Waals surface area contributed by atoms with Gasteiger partial charge in [-0.1, -0.05) is 0 Å². The molecule has 2 aliphatic carbocycles. The van der Waals surface area contributed by atoms with Gasteiger partial charge in [-0.15, -0.1) is 23.2 Å². The lowest BCUT2D eigenvalue weighted by atomic mass is 9.80. The molecule has 0 radical (unpaired) electrons. The fourth-order valence-electron chi connectivity index (χ4n) is 4.87. The summed E-state index contributed by atoms with van der Waals surface area (Å²) >= 11 is 12.6. The second-order valence-electron chi connectivity index (χ2n) is 8.11. The lowest BCUT2D eigenvalue weighted by molar-refractivity contribution is -0.154. The molecular formula is C21H20Cl2N2O6. The van der Waals surface area contributed by atoms with Crippen LogP contribution in [0.5, 0.6) is 0 Å². The molecule has 1 aromatic carbocycles. The molecule has 1 aliphatic heterocycles. The Kier molecular flexibility index (Phi) is 5.79. The van der Waals surface area contributed by atoms with Crippen molar-refractivity contribution in [3.63, 3.8) is 0 Å². The van der Waals surface area contributed by atoms with Gasteiger partial charge in [0.1, 0.15) is 6.54 Å². The van der Waals surface area contributed by atoms with Crippen molar-refractivity contribution < 1.29 is 28.7 Å². The fraction of sp³-hybridized carbons (Fsp3) is 0.476. The molecule has 10 heteroatoms. The zero-order valence-corrected chi connectivity index (χ0v) is 18.1. The van der Waals surface area contributed by atoms with Crippen molar-refractivity contribution in [3.8, 4) is 0 Å². The molecule has 6 atom stereocenters. The van der Waals surface area contributed by atoms with Crippen LogP contribution in [0.3, 0.4) is 0 Å². The van der Waals surface area contributed by atoms with Gasteiger partial charge in [0.15, 0.2) is 12.4 Å². The topological polar surface area (TPSA) is 110 Å². The minimum atomic E-state index is -0.860. The summed E-state index contributed by atoms with van der Waals surface area (Å²) in [4.78, 5) is 61.8. The highest BCUT2D eigenvalue weighted by Gasteiger charge is 2.66. The van der Waals surface area contributed by atoms with Crippen molar-refractivity contribution in [2.75, 3.05) is 18.5 Å². The van der Waals surface area contributed by atoms with Gasteiger partial charge in [0, 0.05) is 11.3 Å². The van der Waals surface area contributed by atoms with Crippen LogP contribution in [0.1, 0.15) is 23.7 Å². The second kappa shape index (κ2) is 8.24. The Bertz CT molecular complexity index is 933. The van der Waals surface area contributed by atoms with Crippen LogP contribution in [-0.2, 0) is 23.9 Å². The van der Waals surface area contributed by atoms with Gasteiger partial charge in [-0.3, -0.25) is 28.9 Å². The van der Waals surface area contributed by atoms with E-state index in [4.69, 9.17) is 27.9 Å². The van der Waals surface area contributed by atoms with E-state index in [0.717, 1.165) is 4.90 Å². The Morgan fingerprint density at radius 1 is 1.03 bits per heavy atom. The third-order valence-electron chi connectivity index (χ3n) is 6.31.